The van der Waals surface area contributed by atoms with Crippen molar-refractivity contribution in [3.63, 3.8) is 0 Å². The van der Waals surface area contributed by atoms with Gasteiger partial charge in [0.05, 0.1) is 16.7 Å². The molecule has 5 aromatic carbocycles. The van der Waals surface area contributed by atoms with Crippen molar-refractivity contribution >= 4 is 65.4 Å². The summed E-state index contributed by atoms with van der Waals surface area (Å²) in [6.45, 7) is 14.2. The Morgan fingerprint density at radius 2 is 0.870 bits per heavy atom. The highest BCUT2D eigenvalue weighted by atomic mass is 15.4. The fourth-order valence-corrected chi connectivity index (χ4v) is 11.3. The summed E-state index contributed by atoms with van der Waals surface area (Å²) in [6.07, 6.45) is 0. The molecule has 0 saturated carbocycles. The van der Waals surface area contributed by atoms with Crippen LogP contribution in [0.2, 0.25) is 0 Å². The predicted molar refractivity (Wildman–Crippen MR) is 218 cm³/mol. The zero-order chi connectivity index (χ0) is 35.9. The molecule has 4 aliphatic heterocycles. The molecule has 5 nitrogen and oxygen atoms in total. The van der Waals surface area contributed by atoms with Gasteiger partial charge in [0, 0.05) is 44.5 Å². The minimum absolute atomic E-state index is 0.0603. The molecular weight excluding hydrogens is 659 g/mol. The molecule has 5 aromatic heterocycles. The first-order valence-corrected chi connectivity index (χ1v) is 19.4. The van der Waals surface area contributed by atoms with Crippen LogP contribution in [0.25, 0.3) is 94.1 Å². The van der Waals surface area contributed by atoms with Crippen LogP contribution >= 0.6 is 0 Å². The number of nitrogens with zero attached hydrogens (tertiary/aromatic N) is 5. The lowest BCUT2D eigenvalue weighted by Crippen LogP contribution is -2.76. The van der Waals surface area contributed by atoms with Gasteiger partial charge in [-0.25, -0.2) is 0 Å². The molecule has 0 radical (unpaired) electrons. The molecule has 4 aliphatic rings. The molecule has 5 heteroatoms. The van der Waals surface area contributed by atoms with Gasteiger partial charge in [0.2, 0.25) is 0 Å². The second kappa shape index (κ2) is 8.29. The number of hydrogen-bond acceptors (Lipinski definition) is 0. The highest BCUT2D eigenvalue weighted by Crippen LogP contribution is 2.58. The lowest BCUT2D eigenvalue weighted by atomic mass is 9.80. The third-order valence-corrected chi connectivity index (χ3v) is 13.5. The van der Waals surface area contributed by atoms with E-state index in [1.165, 1.54) is 116 Å². The van der Waals surface area contributed by atoms with Crippen LogP contribution in [-0.4, -0.2) is 13.7 Å². The van der Waals surface area contributed by atoms with Crippen LogP contribution < -0.4 is 9.13 Å². The normalized spacial score (nSPS) is 17.1. The molecule has 0 fully saturated rings. The molecule has 0 N–H and O–H groups in total. The smallest absolute Gasteiger partial charge is 0.308 e. The van der Waals surface area contributed by atoms with Crippen LogP contribution in [0, 0.1) is 0 Å². The maximum Gasteiger partial charge on any atom is 0.319 e. The number of aromatic nitrogens is 5. The third kappa shape index (κ3) is 2.72. The monoisotopic (exact) mass is 695 g/mol. The Bertz CT molecular complexity index is 3500. The summed E-state index contributed by atoms with van der Waals surface area (Å²) < 4.78 is 13.4. The van der Waals surface area contributed by atoms with E-state index in [2.05, 4.69) is 180 Å². The maximum absolute atomic E-state index is 2.77. The van der Waals surface area contributed by atoms with Gasteiger partial charge in [-0.1, -0.05) is 84.0 Å². The van der Waals surface area contributed by atoms with Crippen molar-refractivity contribution < 1.29 is 9.13 Å². The molecule has 1 spiro atoms. The van der Waals surface area contributed by atoms with Crippen LogP contribution in [0.5, 0.6) is 0 Å². The summed E-state index contributed by atoms with van der Waals surface area (Å²) in [4.78, 5) is 0. The first kappa shape index (κ1) is 28.3. The summed E-state index contributed by atoms with van der Waals surface area (Å²) in [5.74, 6) is 2.47. The summed E-state index contributed by atoms with van der Waals surface area (Å²) >= 11 is 0. The molecule has 54 heavy (non-hydrogen) atoms. The molecule has 256 valence electrons. The molecule has 9 heterocycles. The molecule has 1 unspecified atom stereocenters. The largest absolute Gasteiger partial charge is 0.319 e. The van der Waals surface area contributed by atoms with E-state index in [9.17, 15) is 0 Å². The van der Waals surface area contributed by atoms with E-state index in [-0.39, 0.29) is 10.8 Å². The highest BCUT2D eigenvalue weighted by Gasteiger charge is 2.68. The Labute approximate surface area is 311 Å². The zero-order valence-electron chi connectivity index (χ0n) is 31.2. The van der Waals surface area contributed by atoms with E-state index in [1.807, 2.05) is 0 Å². The summed E-state index contributed by atoms with van der Waals surface area (Å²) in [6, 6.07) is 44.7. The Morgan fingerprint density at radius 3 is 1.39 bits per heavy atom. The number of hydrogen-bond donors (Lipinski definition) is 0. The second-order valence-corrected chi connectivity index (χ2v) is 18.3. The topological polar surface area (TPSA) is 22.5 Å². The van der Waals surface area contributed by atoms with E-state index in [4.69, 9.17) is 0 Å². The fraction of sp³-hybridized carbons (Fsp3) is 0.184. The van der Waals surface area contributed by atoms with Gasteiger partial charge in [-0.15, -0.1) is 0 Å². The molecule has 14 rings (SSSR count). The molecule has 10 aromatic rings. The Balaban J connectivity index is 1.39. The Kier molecular flexibility index (Phi) is 4.35. The van der Waals surface area contributed by atoms with Gasteiger partial charge in [-0.3, -0.25) is 0 Å². The van der Waals surface area contributed by atoms with Gasteiger partial charge in [0.1, 0.15) is 22.2 Å². The highest BCUT2D eigenvalue weighted by molar-refractivity contribution is 6.23. The molecule has 0 saturated heterocycles. The lowest BCUT2D eigenvalue weighted by Gasteiger charge is -2.39. The van der Waals surface area contributed by atoms with Crippen molar-refractivity contribution in [1.29, 1.82) is 0 Å². The fourth-order valence-electron chi connectivity index (χ4n) is 11.3. The Morgan fingerprint density at radius 1 is 0.426 bits per heavy atom. The van der Waals surface area contributed by atoms with Crippen molar-refractivity contribution in [2.24, 2.45) is 0 Å². The molecule has 1 atom stereocenters. The van der Waals surface area contributed by atoms with E-state index in [0.29, 0.717) is 0 Å². The van der Waals surface area contributed by atoms with Gasteiger partial charge in [0.25, 0.3) is 11.6 Å². The summed E-state index contributed by atoms with van der Waals surface area (Å²) in [5.41, 5.74) is 16.2. The van der Waals surface area contributed by atoms with Crippen molar-refractivity contribution in [2.75, 3.05) is 0 Å². The average Bonchev–Trinajstić information content (AvgIpc) is 3.88. The SMILES string of the molecule is CC(C)(C)c1cc2[n+]3c(c1)-n1c4ccccc4c4ccc5c(c41)C31c3c4c(cc6c7ccccc7n(c36)-c3cc(C(C)(C)C)cc-2[n+]31)c1ccccc1n4-5. The summed E-state index contributed by atoms with van der Waals surface area (Å²) in [5, 5.41) is 7.85. The Hall–Kier alpha value is -6.20. The molecule has 0 bridgehead atoms. The van der Waals surface area contributed by atoms with Crippen molar-refractivity contribution in [2.45, 2.75) is 58.0 Å². The number of rotatable bonds is 0. The maximum atomic E-state index is 2.77. The lowest BCUT2D eigenvalue weighted by molar-refractivity contribution is -0.934. The van der Waals surface area contributed by atoms with Gasteiger partial charge in [0.15, 0.2) is 22.4 Å². The van der Waals surface area contributed by atoms with Crippen LogP contribution in [0.4, 0.5) is 0 Å². The number of para-hydroxylation sites is 3. The van der Waals surface area contributed by atoms with Gasteiger partial charge in [-0.05, 0) is 82.6 Å². The zero-order valence-corrected chi connectivity index (χ0v) is 31.2. The van der Waals surface area contributed by atoms with Crippen LogP contribution in [0.3, 0.4) is 0 Å². The molecule has 0 amide bonds. The van der Waals surface area contributed by atoms with E-state index in [0.717, 1.165) is 0 Å². The third-order valence-electron chi connectivity index (χ3n) is 13.5. The summed E-state index contributed by atoms with van der Waals surface area (Å²) in [7, 11) is 0. The first-order chi connectivity index (χ1) is 26.1. The van der Waals surface area contributed by atoms with E-state index < -0.39 is 5.66 Å². The minimum atomic E-state index is -0.659. The van der Waals surface area contributed by atoms with Crippen molar-refractivity contribution in [1.82, 2.24) is 13.7 Å². The quantitative estimate of drug-likeness (QED) is 0.141. The van der Waals surface area contributed by atoms with Crippen LogP contribution in [0.15, 0.2) is 115 Å². The van der Waals surface area contributed by atoms with Crippen LogP contribution in [0.1, 0.15) is 63.8 Å². The van der Waals surface area contributed by atoms with Gasteiger partial charge < -0.3 is 4.57 Å². The van der Waals surface area contributed by atoms with Crippen molar-refractivity contribution in [3.05, 3.63) is 138 Å². The number of benzene rings is 5. The minimum Gasteiger partial charge on any atom is -0.308 e. The van der Waals surface area contributed by atoms with Crippen LogP contribution in [-0.2, 0) is 16.5 Å². The predicted octanol–water partition coefficient (Wildman–Crippen LogP) is 10.4. The van der Waals surface area contributed by atoms with Gasteiger partial charge >= 0.3 is 5.66 Å². The molecule has 0 aliphatic carbocycles. The standard InChI is InChI=1S/C49H37N5/c1-47(2,3)26-21-38-39-22-27(48(4,5)6)24-41-52-36-18-12-9-15-30(36)33-25-32-29-14-8-10-16-34(29)50-37-20-19-31-28-13-7-11-17-35(28)51-40(23-26)53(38)49(54(39)41,42(37)44(31)51)43(45(32)50)46(33)52/h7-25H,1-6H3/q+2. The van der Waals surface area contributed by atoms with E-state index >= 15 is 0 Å². The average molecular weight is 696 g/mol. The van der Waals surface area contributed by atoms with Crippen molar-refractivity contribution in [3.8, 4) is 28.7 Å². The molecular formula is C49H37N5+2. The number of pyridine rings is 2. The van der Waals surface area contributed by atoms with Gasteiger partial charge in [-0.2, -0.15) is 18.3 Å². The number of fused-ring (bicyclic) bond motifs is 13. The first-order valence-electron chi connectivity index (χ1n) is 19.4. The van der Waals surface area contributed by atoms with E-state index in [1.54, 1.807) is 0 Å². The second-order valence-electron chi connectivity index (χ2n) is 18.3.